The average Bonchev–Trinajstić information content (AvgIpc) is 2.17. The molecule has 0 saturated carbocycles. The summed E-state index contributed by atoms with van der Waals surface area (Å²) < 4.78 is 10.3. The molecule has 1 aromatic rings. The minimum Gasteiger partial charge on any atom is -0.467 e. The predicted molar refractivity (Wildman–Crippen MR) is 59.6 cm³/mol. The van der Waals surface area contributed by atoms with Gasteiger partial charge in [-0.1, -0.05) is 17.7 Å². The number of nitrogens with one attached hydrogen (secondary N) is 1. The SMILES string of the molecule is CCOCOc1cccc(Cl)c1C(=N)N. The molecule has 0 aliphatic carbocycles. The fraction of sp³-hybridized carbons (Fsp3) is 0.300. The van der Waals surface area contributed by atoms with E-state index in [-0.39, 0.29) is 12.6 Å². The van der Waals surface area contributed by atoms with Gasteiger partial charge in [0, 0.05) is 6.61 Å². The van der Waals surface area contributed by atoms with Crippen molar-refractivity contribution in [1.29, 1.82) is 5.41 Å². The molecular formula is C10H13ClN2O2. The average molecular weight is 229 g/mol. The van der Waals surface area contributed by atoms with Crippen LogP contribution in [0.25, 0.3) is 0 Å². The molecule has 0 unspecified atom stereocenters. The molecule has 0 amide bonds. The molecule has 0 spiro atoms. The molecule has 0 atom stereocenters. The van der Waals surface area contributed by atoms with Gasteiger partial charge in [-0.25, -0.2) is 0 Å². The van der Waals surface area contributed by atoms with Crippen LogP contribution in [0.2, 0.25) is 5.02 Å². The van der Waals surface area contributed by atoms with Crippen molar-refractivity contribution in [3.05, 3.63) is 28.8 Å². The molecule has 82 valence electrons. The van der Waals surface area contributed by atoms with Crippen LogP contribution >= 0.6 is 11.6 Å². The fourth-order valence-corrected chi connectivity index (χ4v) is 1.34. The Balaban J connectivity index is 2.86. The summed E-state index contributed by atoms with van der Waals surface area (Å²) in [6, 6.07) is 5.09. The van der Waals surface area contributed by atoms with Gasteiger partial charge in [0.25, 0.3) is 0 Å². The molecule has 0 aromatic heterocycles. The Bertz CT molecular complexity index is 355. The van der Waals surface area contributed by atoms with Gasteiger partial charge in [0.15, 0.2) is 6.79 Å². The second-order valence-electron chi connectivity index (χ2n) is 2.78. The first-order valence-corrected chi connectivity index (χ1v) is 4.88. The highest BCUT2D eigenvalue weighted by atomic mass is 35.5. The van der Waals surface area contributed by atoms with Gasteiger partial charge >= 0.3 is 0 Å². The maximum atomic E-state index is 7.37. The standard InChI is InChI=1S/C10H13ClN2O2/c1-2-14-6-15-8-5-3-4-7(11)9(8)10(12)13/h3-5H,2,6H2,1H3,(H3,12,13). The van der Waals surface area contributed by atoms with E-state index in [2.05, 4.69) is 0 Å². The minimum absolute atomic E-state index is 0.118. The van der Waals surface area contributed by atoms with E-state index in [4.69, 9.17) is 32.2 Å². The Morgan fingerprint density at radius 3 is 2.87 bits per heavy atom. The zero-order valence-corrected chi connectivity index (χ0v) is 9.17. The smallest absolute Gasteiger partial charge is 0.189 e. The van der Waals surface area contributed by atoms with Crippen LogP contribution in [-0.4, -0.2) is 19.2 Å². The molecule has 0 aliphatic heterocycles. The maximum Gasteiger partial charge on any atom is 0.189 e. The van der Waals surface area contributed by atoms with Gasteiger partial charge in [0.1, 0.15) is 11.6 Å². The molecule has 0 aliphatic rings. The number of benzene rings is 1. The molecule has 5 heteroatoms. The number of ether oxygens (including phenoxy) is 2. The number of hydrogen-bond acceptors (Lipinski definition) is 3. The van der Waals surface area contributed by atoms with Crippen molar-refractivity contribution < 1.29 is 9.47 Å². The molecule has 0 heterocycles. The van der Waals surface area contributed by atoms with E-state index < -0.39 is 0 Å². The van der Waals surface area contributed by atoms with Gasteiger partial charge in [-0.3, -0.25) is 5.41 Å². The molecule has 3 N–H and O–H groups in total. The van der Waals surface area contributed by atoms with Gasteiger partial charge in [-0.05, 0) is 19.1 Å². The second kappa shape index (κ2) is 5.58. The van der Waals surface area contributed by atoms with Gasteiger partial charge in [0.2, 0.25) is 0 Å². The fourth-order valence-electron chi connectivity index (χ4n) is 1.07. The first-order valence-electron chi connectivity index (χ1n) is 4.50. The van der Waals surface area contributed by atoms with Crippen molar-refractivity contribution in [2.45, 2.75) is 6.92 Å². The molecule has 1 rings (SSSR count). The van der Waals surface area contributed by atoms with Crippen LogP contribution in [0.15, 0.2) is 18.2 Å². The lowest BCUT2D eigenvalue weighted by atomic mass is 10.2. The molecule has 15 heavy (non-hydrogen) atoms. The van der Waals surface area contributed by atoms with Crippen LogP contribution in [0.3, 0.4) is 0 Å². The number of rotatable bonds is 5. The number of halogens is 1. The Kier molecular flexibility index (Phi) is 4.39. The van der Waals surface area contributed by atoms with Crippen LogP contribution in [0.5, 0.6) is 5.75 Å². The molecular weight excluding hydrogens is 216 g/mol. The summed E-state index contributed by atoms with van der Waals surface area (Å²) in [6.07, 6.45) is 0. The third-order valence-electron chi connectivity index (χ3n) is 1.75. The van der Waals surface area contributed by atoms with Gasteiger partial charge in [0.05, 0.1) is 10.6 Å². The normalized spacial score (nSPS) is 10.0. The summed E-state index contributed by atoms with van der Waals surface area (Å²) in [5, 5.41) is 7.77. The van der Waals surface area contributed by atoms with Crippen molar-refractivity contribution >= 4 is 17.4 Å². The summed E-state index contributed by atoms with van der Waals surface area (Å²) in [4.78, 5) is 0. The monoisotopic (exact) mass is 228 g/mol. The lowest BCUT2D eigenvalue weighted by Gasteiger charge is -2.11. The van der Waals surface area contributed by atoms with E-state index >= 15 is 0 Å². The predicted octanol–water partition coefficient (Wildman–Crippen LogP) is 2.00. The summed E-state index contributed by atoms with van der Waals surface area (Å²) in [7, 11) is 0. The van der Waals surface area contributed by atoms with Crippen molar-refractivity contribution in [1.82, 2.24) is 0 Å². The van der Waals surface area contributed by atoms with Crippen molar-refractivity contribution in [3.8, 4) is 5.75 Å². The quantitative estimate of drug-likeness (QED) is 0.351. The number of nitrogens with two attached hydrogens (primary N) is 1. The summed E-state index contributed by atoms with van der Waals surface area (Å²) >= 11 is 5.90. The summed E-state index contributed by atoms with van der Waals surface area (Å²) in [5.41, 5.74) is 5.80. The topological polar surface area (TPSA) is 68.3 Å². The van der Waals surface area contributed by atoms with E-state index in [0.717, 1.165) is 0 Å². The van der Waals surface area contributed by atoms with Crippen molar-refractivity contribution in [2.75, 3.05) is 13.4 Å². The Morgan fingerprint density at radius 1 is 1.53 bits per heavy atom. The lowest BCUT2D eigenvalue weighted by molar-refractivity contribution is 0.0223. The second-order valence-corrected chi connectivity index (χ2v) is 3.19. The van der Waals surface area contributed by atoms with E-state index in [1.807, 2.05) is 6.92 Å². The third-order valence-corrected chi connectivity index (χ3v) is 2.06. The number of amidine groups is 1. The summed E-state index contributed by atoms with van der Waals surface area (Å²) in [5.74, 6) is 0.343. The van der Waals surface area contributed by atoms with E-state index in [1.165, 1.54) is 0 Å². The maximum absolute atomic E-state index is 7.37. The van der Waals surface area contributed by atoms with Crippen LogP contribution in [0.1, 0.15) is 12.5 Å². The van der Waals surface area contributed by atoms with Gasteiger partial charge < -0.3 is 15.2 Å². The highest BCUT2D eigenvalue weighted by Crippen LogP contribution is 2.25. The third kappa shape index (κ3) is 3.11. The van der Waals surface area contributed by atoms with Crippen LogP contribution in [-0.2, 0) is 4.74 Å². The molecule has 4 nitrogen and oxygen atoms in total. The van der Waals surface area contributed by atoms with Crippen molar-refractivity contribution in [2.24, 2.45) is 5.73 Å². The lowest BCUT2D eigenvalue weighted by Crippen LogP contribution is -2.14. The molecule has 0 saturated heterocycles. The Hall–Kier alpha value is -1.26. The molecule has 0 radical (unpaired) electrons. The van der Waals surface area contributed by atoms with Crippen LogP contribution in [0.4, 0.5) is 0 Å². The number of nitrogen functional groups attached to an aromatic ring is 1. The largest absolute Gasteiger partial charge is 0.467 e. The Labute approximate surface area is 93.4 Å². The number of hydrogen-bond donors (Lipinski definition) is 2. The van der Waals surface area contributed by atoms with Crippen LogP contribution < -0.4 is 10.5 Å². The zero-order chi connectivity index (χ0) is 11.3. The highest BCUT2D eigenvalue weighted by Gasteiger charge is 2.10. The molecule has 0 bridgehead atoms. The van der Waals surface area contributed by atoms with Gasteiger partial charge in [-0.2, -0.15) is 0 Å². The zero-order valence-electron chi connectivity index (χ0n) is 8.42. The van der Waals surface area contributed by atoms with E-state index in [9.17, 15) is 0 Å². The van der Waals surface area contributed by atoms with Gasteiger partial charge in [-0.15, -0.1) is 0 Å². The summed E-state index contributed by atoms with van der Waals surface area (Å²) in [6.45, 7) is 2.56. The van der Waals surface area contributed by atoms with Crippen LogP contribution in [0, 0.1) is 5.41 Å². The van der Waals surface area contributed by atoms with E-state index in [1.54, 1.807) is 18.2 Å². The Morgan fingerprint density at radius 2 is 2.27 bits per heavy atom. The first-order chi connectivity index (χ1) is 7.16. The molecule has 0 fully saturated rings. The van der Waals surface area contributed by atoms with E-state index in [0.29, 0.717) is 22.9 Å². The van der Waals surface area contributed by atoms with Crippen molar-refractivity contribution in [3.63, 3.8) is 0 Å². The minimum atomic E-state index is -0.118. The first kappa shape index (κ1) is 11.8. The molecule has 1 aromatic carbocycles. The highest BCUT2D eigenvalue weighted by molar-refractivity contribution is 6.34.